The molecule has 0 amide bonds. The van der Waals surface area contributed by atoms with Crippen molar-refractivity contribution in [2.24, 2.45) is 12.8 Å². The quantitative estimate of drug-likeness (QED) is 0.869. The third-order valence-electron chi connectivity index (χ3n) is 3.04. The van der Waals surface area contributed by atoms with Crippen LogP contribution in [-0.2, 0) is 19.9 Å². The Kier molecular flexibility index (Phi) is 3.99. The first kappa shape index (κ1) is 12.6. The summed E-state index contributed by atoms with van der Waals surface area (Å²) < 4.78 is 7.33. The van der Waals surface area contributed by atoms with Crippen LogP contribution < -0.4 is 10.5 Å². The Morgan fingerprint density at radius 1 is 1.33 bits per heavy atom. The Bertz CT molecular complexity index is 507. The second kappa shape index (κ2) is 5.69. The van der Waals surface area contributed by atoms with Gasteiger partial charge in [-0.2, -0.15) is 0 Å². The lowest BCUT2D eigenvalue weighted by Gasteiger charge is -2.14. The molecule has 0 aliphatic carbocycles. The molecule has 0 saturated carbocycles. The van der Waals surface area contributed by atoms with E-state index in [1.807, 2.05) is 36.0 Å². The van der Waals surface area contributed by atoms with Crippen LogP contribution in [0, 0.1) is 0 Å². The van der Waals surface area contributed by atoms with E-state index >= 15 is 0 Å². The van der Waals surface area contributed by atoms with Gasteiger partial charge in [0.1, 0.15) is 11.6 Å². The fourth-order valence-corrected chi connectivity index (χ4v) is 2.05. The molecule has 1 atom stereocenters. The molecule has 2 aromatic rings. The molecule has 0 saturated heterocycles. The van der Waals surface area contributed by atoms with E-state index < -0.39 is 0 Å². The Morgan fingerprint density at radius 3 is 2.78 bits per heavy atom. The van der Waals surface area contributed by atoms with Crippen LogP contribution in [0.25, 0.3) is 0 Å². The highest BCUT2D eigenvalue weighted by molar-refractivity contribution is 5.33. The highest BCUT2D eigenvalue weighted by Gasteiger charge is 2.11. The second-order valence-corrected chi connectivity index (χ2v) is 4.43. The van der Waals surface area contributed by atoms with Crippen molar-refractivity contribution in [3.8, 4) is 5.75 Å². The number of rotatable bonds is 5. The van der Waals surface area contributed by atoms with Gasteiger partial charge in [-0.25, -0.2) is 4.98 Å². The van der Waals surface area contributed by atoms with Crippen molar-refractivity contribution in [1.82, 2.24) is 9.55 Å². The summed E-state index contributed by atoms with van der Waals surface area (Å²) in [5.41, 5.74) is 7.32. The van der Waals surface area contributed by atoms with E-state index in [1.165, 1.54) is 0 Å². The molecule has 96 valence electrons. The number of benzene rings is 1. The predicted octanol–water partition coefficient (Wildman–Crippen LogP) is 1.54. The Morgan fingerprint density at radius 2 is 2.11 bits per heavy atom. The number of aryl methyl sites for hydroxylation is 1. The number of para-hydroxylation sites is 1. The van der Waals surface area contributed by atoms with E-state index in [0.717, 1.165) is 30.0 Å². The summed E-state index contributed by atoms with van der Waals surface area (Å²) in [5.74, 6) is 1.91. The smallest absolute Gasteiger partial charge is 0.122 e. The molecule has 0 radical (unpaired) electrons. The molecule has 18 heavy (non-hydrogen) atoms. The molecule has 2 N–H and O–H groups in total. The second-order valence-electron chi connectivity index (χ2n) is 4.43. The summed E-state index contributed by atoms with van der Waals surface area (Å²) in [6.45, 7) is 0. The highest BCUT2D eigenvalue weighted by Crippen LogP contribution is 2.19. The number of hydrogen-bond donors (Lipinski definition) is 1. The van der Waals surface area contributed by atoms with Crippen LogP contribution >= 0.6 is 0 Å². The van der Waals surface area contributed by atoms with Crippen LogP contribution in [0.4, 0.5) is 0 Å². The van der Waals surface area contributed by atoms with Gasteiger partial charge in [0.15, 0.2) is 0 Å². The lowest BCUT2D eigenvalue weighted by molar-refractivity contribution is 0.407. The SMILES string of the molecule is COc1ccccc1CC(N)Cc1nccn1C. The molecule has 1 heterocycles. The molecule has 0 aliphatic rings. The van der Waals surface area contributed by atoms with Crippen molar-refractivity contribution in [2.45, 2.75) is 18.9 Å². The maximum Gasteiger partial charge on any atom is 0.122 e. The number of ether oxygens (including phenoxy) is 1. The Hall–Kier alpha value is -1.81. The van der Waals surface area contributed by atoms with Gasteiger partial charge in [-0.05, 0) is 18.1 Å². The first-order chi connectivity index (χ1) is 8.70. The van der Waals surface area contributed by atoms with Gasteiger partial charge in [0.05, 0.1) is 7.11 Å². The van der Waals surface area contributed by atoms with Crippen LogP contribution in [0.2, 0.25) is 0 Å². The zero-order chi connectivity index (χ0) is 13.0. The van der Waals surface area contributed by atoms with E-state index in [9.17, 15) is 0 Å². The largest absolute Gasteiger partial charge is 0.496 e. The third-order valence-corrected chi connectivity index (χ3v) is 3.04. The highest BCUT2D eigenvalue weighted by atomic mass is 16.5. The number of nitrogens with two attached hydrogens (primary N) is 1. The number of aromatic nitrogens is 2. The number of nitrogens with zero attached hydrogens (tertiary/aromatic N) is 2. The summed E-state index contributed by atoms with van der Waals surface area (Å²) in [7, 11) is 3.67. The van der Waals surface area contributed by atoms with E-state index in [2.05, 4.69) is 11.1 Å². The van der Waals surface area contributed by atoms with E-state index in [4.69, 9.17) is 10.5 Å². The van der Waals surface area contributed by atoms with Crippen molar-refractivity contribution in [1.29, 1.82) is 0 Å². The molecule has 1 aromatic carbocycles. The monoisotopic (exact) mass is 245 g/mol. The van der Waals surface area contributed by atoms with Crippen LogP contribution in [0.5, 0.6) is 5.75 Å². The minimum atomic E-state index is 0.0439. The van der Waals surface area contributed by atoms with Gasteiger partial charge in [-0.15, -0.1) is 0 Å². The normalized spacial score (nSPS) is 12.4. The van der Waals surface area contributed by atoms with E-state index in [-0.39, 0.29) is 6.04 Å². The van der Waals surface area contributed by atoms with Crippen molar-refractivity contribution in [3.63, 3.8) is 0 Å². The van der Waals surface area contributed by atoms with Gasteiger partial charge in [0.2, 0.25) is 0 Å². The standard InChI is InChI=1S/C14H19N3O/c1-17-8-7-16-14(17)10-12(15)9-11-5-3-4-6-13(11)18-2/h3-8,12H,9-10,15H2,1-2H3. The minimum Gasteiger partial charge on any atom is -0.496 e. The van der Waals surface area contributed by atoms with Crippen molar-refractivity contribution in [3.05, 3.63) is 48.0 Å². The molecule has 1 unspecified atom stereocenters. The average molecular weight is 245 g/mol. The molecular formula is C14H19N3O. The fourth-order valence-electron chi connectivity index (χ4n) is 2.05. The maximum atomic E-state index is 6.18. The molecule has 2 rings (SSSR count). The topological polar surface area (TPSA) is 53.1 Å². The lowest BCUT2D eigenvalue weighted by Crippen LogP contribution is -2.27. The molecule has 4 heteroatoms. The summed E-state index contributed by atoms with van der Waals surface area (Å²) in [4.78, 5) is 4.29. The number of imidazole rings is 1. The van der Waals surface area contributed by atoms with Crippen LogP contribution in [-0.4, -0.2) is 22.7 Å². The van der Waals surface area contributed by atoms with Crippen LogP contribution in [0.3, 0.4) is 0 Å². The summed E-state index contributed by atoms with van der Waals surface area (Å²) in [6, 6.07) is 8.03. The van der Waals surface area contributed by atoms with Gasteiger partial charge in [0, 0.05) is 31.9 Å². The number of methoxy groups -OCH3 is 1. The molecule has 4 nitrogen and oxygen atoms in total. The van der Waals surface area contributed by atoms with Crippen LogP contribution in [0.1, 0.15) is 11.4 Å². The van der Waals surface area contributed by atoms with E-state index in [0.29, 0.717) is 0 Å². The first-order valence-electron chi connectivity index (χ1n) is 6.04. The molecule has 0 fully saturated rings. The minimum absolute atomic E-state index is 0.0439. The van der Waals surface area contributed by atoms with Crippen molar-refractivity contribution >= 4 is 0 Å². The molecule has 0 bridgehead atoms. The average Bonchev–Trinajstić information content (AvgIpc) is 2.75. The first-order valence-corrected chi connectivity index (χ1v) is 6.04. The van der Waals surface area contributed by atoms with Gasteiger partial charge in [0.25, 0.3) is 0 Å². The van der Waals surface area contributed by atoms with Crippen molar-refractivity contribution in [2.75, 3.05) is 7.11 Å². The maximum absolute atomic E-state index is 6.18. The fraction of sp³-hybridized carbons (Fsp3) is 0.357. The zero-order valence-corrected chi connectivity index (χ0v) is 10.8. The molecule has 0 aliphatic heterocycles. The summed E-state index contributed by atoms with van der Waals surface area (Å²) >= 11 is 0. The summed E-state index contributed by atoms with van der Waals surface area (Å²) in [6.07, 6.45) is 5.29. The van der Waals surface area contributed by atoms with Crippen molar-refractivity contribution < 1.29 is 4.74 Å². The lowest BCUT2D eigenvalue weighted by atomic mass is 10.0. The predicted molar refractivity (Wildman–Crippen MR) is 71.6 cm³/mol. The summed E-state index contributed by atoms with van der Waals surface area (Å²) in [5, 5.41) is 0. The molecular weight excluding hydrogens is 226 g/mol. The van der Waals surface area contributed by atoms with E-state index in [1.54, 1.807) is 13.3 Å². The van der Waals surface area contributed by atoms with Gasteiger partial charge < -0.3 is 15.0 Å². The molecule has 1 aromatic heterocycles. The Labute approximate surface area is 107 Å². The zero-order valence-electron chi connectivity index (χ0n) is 10.8. The number of hydrogen-bond acceptors (Lipinski definition) is 3. The van der Waals surface area contributed by atoms with Gasteiger partial charge in [-0.3, -0.25) is 0 Å². The van der Waals surface area contributed by atoms with Crippen LogP contribution in [0.15, 0.2) is 36.7 Å². The van der Waals surface area contributed by atoms with Gasteiger partial charge in [-0.1, -0.05) is 18.2 Å². The molecule has 0 spiro atoms. The Balaban J connectivity index is 2.03. The third kappa shape index (κ3) is 2.90. The van der Waals surface area contributed by atoms with Gasteiger partial charge >= 0.3 is 0 Å².